The van der Waals surface area contributed by atoms with Crippen molar-refractivity contribution >= 4 is 23.9 Å². The van der Waals surface area contributed by atoms with Crippen LogP contribution in [0.2, 0.25) is 5.02 Å². The van der Waals surface area contributed by atoms with Gasteiger partial charge in [-0.3, -0.25) is 9.59 Å². The second-order valence-electron chi connectivity index (χ2n) is 7.11. The van der Waals surface area contributed by atoms with E-state index < -0.39 is 6.04 Å². The van der Waals surface area contributed by atoms with Crippen LogP contribution in [-0.2, 0) is 15.0 Å². The molecule has 0 aromatic heterocycles. The molecule has 1 saturated heterocycles. The van der Waals surface area contributed by atoms with Gasteiger partial charge in [0.2, 0.25) is 12.3 Å². The van der Waals surface area contributed by atoms with Crippen LogP contribution >= 0.6 is 11.6 Å². The van der Waals surface area contributed by atoms with Crippen LogP contribution < -0.4 is 11.1 Å². The first-order chi connectivity index (χ1) is 11.3. The molecule has 1 aliphatic rings. The van der Waals surface area contributed by atoms with Gasteiger partial charge in [-0.1, -0.05) is 37.6 Å². The second-order valence-corrected chi connectivity index (χ2v) is 7.55. The van der Waals surface area contributed by atoms with Crippen molar-refractivity contribution in [3.63, 3.8) is 0 Å². The smallest absolute Gasteiger partial charge is 0.237 e. The van der Waals surface area contributed by atoms with E-state index in [0.717, 1.165) is 24.8 Å². The molecule has 1 aromatic carbocycles. The molecule has 5 nitrogen and oxygen atoms in total. The minimum Gasteiger partial charge on any atom is -0.354 e. The summed E-state index contributed by atoms with van der Waals surface area (Å²) >= 11 is 5.93. The second kappa shape index (κ2) is 7.99. The Labute approximate surface area is 148 Å². The molecule has 2 rings (SSSR count). The Morgan fingerprint density at radius 2 is 1.96 bits per heavy atom. The Balaban J connectivity index is 1.87. The highest BCUT2D eigenvalue weighted by Crippen LogP contribution is 2.24. The Morgan fingerprint density at radius 3 is 2.50 bits per heavy atom. The fourth-order valence-corrected chi connectivity index (χ4v) is 3.15. The highest BCUT2D eigenvalue weighted by atomic mass is 35.5. The summed E-state index contributed by atoms with van der Waals surface area (Å²) in [6, 6.07) is 7.13. The molecule has 6 heteroatoms. The summed E-state index contributed by atoms with van der Waals surface area (Å²) in [7, 11) is 0. The maximum Gasteiger partial charge on any atom is 0.237 e. The number of carbonyl (C=O) groups excluding carboxylic acids is 2. The summed E-state index contributed by atoms with van der Waals surface area (Å²) in [5.74, 6) is 0.00133. The number of nitrogens with two attached hydrogens (primary N) is 1. The van der Waals surface area contributed by atoms with Gasteiger partial charge in [-0.25, -0.2) is 0 Å². The molecule has 1 aliphatic heterocycles. The van der Waals surface area contributed by atoms with E-state index in [-0.39, 0.29) is 17.2 Å². The lowest BCUT2D eigenvalue weighted by molar-refractivity contribution is -0.124. The van der Waals surface area contributed by atoms with Gasteiger partial charge in [0, 0.05) is 30.1 Å². The maximum absolute atomic E-state index is 12.4. The number of likely N-dealkylation sites (tertiary alicyclic amines) is 1. The van der Waals surface area contributed by atoms with Crippen molar-refractivity contribution in [2.24, 2.45) is 11.7 Å². The third-order valence-electron chi connectivity index (χ3n) is 4.86. The molecule has 0 aliphatic carbocycles. The first-order valence-corrected chi connectivity index (χ1v) is 8.70. The summed E-state index contributed by atoms with van der Waals surface area (Å²) in [5.41, 5.74) is 7.03. The fourth-order valence-electron chi connectivity index (χ4n) is 3.03. The number of hydrogen-bond acceptors (Lipinski definition) is 3. The summed E-state index contributed by atoms with van der Waals surface area (Å²) < 4.78 is 0. The molecule has 0 saturated carbocycles. The van der Waals surface area contributed by atoms with Crippen molar-refractivity contribution in [2.75, 3.05) is 19.6 Å². The third-order valence-corrected chi connectivity index (χ3v) is 5.12. The molecule has 1 aromatic rings. The van der Waals surface area contributed by atoms with Crippen LogP contribution in [0, 0.1) is 5.92 Å². The van der Waals surface area contributed by atoms with E-state index in [1.165, 1.54) is 0 Å². The molecule has 0 spiro atoms. The predicted octanol–water partition coefficient (Wildman–Crippen LogP) is 1.93. The van der Waals surface area contributed by atoms with Crippen molar-refractivity contribution in [1.82, 2.24) is 10.2 Å². The maximum atomic E-state index is 12.4. The number of rotatable bonds is 6. The van der Waals surface area contributed by atoms with E-state index in [2.05, 4.69) is 19.2 Å². The van der Waals surface area contributed by atoms with E-state index >= 15 is 0 Å². The van der Waals surface area contributed by atoms with Gasteiger partial charge < -0.3 is 16.0 Å². The Kier molecular flexibility index (Phi) is 6.24. The number of nitrogens with one attached hydrogen (secondary N) is 1. The van der Waals surface area contributed by atoms with Crippen LogP contribution in [0.15, 0.2) is 24.3 Å². The molecule has 132 valence electrons. The van der Waals surface area contributed by atoms with Gasteiger partial charge in [-0.05, 0) is 36.5 Å². The molecule has 1 atom stereocenters. The molecule has 24 heavy (non-hydrogen) atoms. The average Bonchev–Trinajstić information content (AvgIpc) is 2.59. The van der Waals surface area contributed by atoms with Crippen molar-refractivity contribution in [3.05, 3.63) is 34.9 Å². The van der Waals surface area contributed by atoms with Crippen molar-refractivity contribution in [2.45, 2.75) is 38.1 Å². The number of carbonyl (C=O) groups is 2. The Morgan fingerprint density at radius 1 is 1.38 bits per heavy atom. The number of hydrogen-bond donors (Lipinski definition) is 2. The van der Waals surface area contributed by atoms with Crippen molar-refractivity contribution in [1.29, 1.82) is 0 Å². The van der Waals surface area contributed by atoms with Gasteiger partial charge in [0.05, 0.1) is 6.04 Å². The summed E-state index contributed by atoms with van der Waals surface area (Å²) in [4.78, 5) is 24.9. The summed E-state index contributed by atoms with van der Waals surface area (Å²) in [6.07, 6.45) is 2.40. The van der Waals surface area contributed by atoms with Crippen LogP contribution in [0.25, 0.3) is 0 Å². The van der Waals surface area contributed by atoms with E-state index in [9.17, 15) is 9.59 Å². The predicted molar refractivity (Wildman–Crippen MR) is 95.8 cm³/mol. The van der Waals surface area contributed by atoms with Gasteiger partial charge in [-0.15, -0.1) is 0 Å². The highest BCUT2D eigenvalue weighted by Gasteiger charge is 2.29. The average molecular weight is 352 g/mol. The zero-order valence-corrected chi connectivity index (χ0v) is 15.1. The number of amides is 2. The first kappa shape index (κ1) is 18.7. The molecular weight excluding hydrogens is 326 g/mol. The quantitative estimate of drug-likeness (QED) is 0.769. The van der Waals surface area contributed by atoms with Crippen LogP contribution in [0.4, 0.5) is 0 Å². The van der Waals surface area contributed by atoms with Crippen LogP contribution in [0.3, 0.4) is 0 Å². The normalized spacial score (nSPS) is 17.4. The van der Waals surface area contributed by atoms with Gasteiger partial charge in [0.25, 0.3) is 0 Å². The summed E-state index contributed by atoms with van der Waals surface area (Å²) in [6.45, 7) is 6.00. The third kappa shape index (κ3) is 4.71. The van der Waals surface area contributed by atoms with E-state index in [1.54, 1.807) is 4.90 Å². The Hall–Kier alpha value is -1.59. The number of halogens is 1. The van der Waals surface area contributed by atoms with Gasteiger partial charge in [0.1, 0.15) is 0 Å². The minimum atomic E-state index is -0.528. The molecule has 1 unspecified atom stereocenters. The van der Waals surface area contributed by atoms with E-state index in [1.807, 2.05) is 24.3 Å². The molecule has 1 fully saturated rings. The number of nitrogens with zero attached hydrogens (tertiary/aromatic N) is 1. The summed E-state index contributed by atoms with van der Waals surface area (Å²) in [5, 5.41) is 3.67. The highest BCUT2D eigenvalue weighted by molar-refractivity contribution is 6.30. The van der Waals surface area contributed by atoms with Crippen LogP contribution in [-0.4, -0.2) is 42.9 Å². The van der Waals surface area contributed by atoms with Crippen molar-refractivity contribution in [3.8, 4) is 0 Å². The number of benzene rings is 1. The number of piperidine rings is 1. The lowest BCUT2D eigenvalue weighted by Crippen LogP contribution is -2.51. The molecule has 2 amide bonds. The minimum absolute atomic E-state index is 0.124. The zero-order valence-electron chi connectivity index (χ0n) is 14.3. The van der Waals surface area contributed by atoms with Crippen LogP contribution in [0.1, 0.15) is 32.3 Å². The Bertz CT molecular complexity index is 566. The van der Waals surface area contributed by atoms with Gasteiger partial charge in [-0.2, -0.15) is 0 Å². The topological polar surface area (TPSA) is 75.4 Å². The first-order valence-electron chi connectivity index (χ1n) is 8.32. The van der Waals surface area contributed by atoms with Crippen molar-refractivity contribution < 1.29 is 9.59 Å². The van der Waals surface area contributed by atoms with Gasteiger partial charge in [0.15, 0.2) is 0 Å². The standard InChI is InChI=1S/C18H26ClN3O2/c1-18(2,14-3-5-15(19)6-4-14)11-21-17(24)16(20)13-7-9-22(12-23)10-8-13/h3-6,12-13,16H,7-11,20H2,1-2H3,(H,21,24). The SMILES string of the molecule is CC(C)(CNC(=O)C(N)C1CCN(C=O)CC1)c1ccc(Cl)cc1. The molecule has 0 radical (unpaired) electrons. The van der Waals surface area contributed by atoms with E-state index in [4.69, 9.17) is 17.3 Å². The molecular formula is C18H26ClN3O2. The lowest BCUT2D eigenvalue weighted by atomic mass is 9.84. The molecule has 3 N–H and O–H groups in total. The van der Waals surface area contributed by atoms with Gasteiger partial charge >= 0.3 is 0 Å². The molecule has 0 bridgehead atoms. The lowest BCUT2D eigenvalue weighted by Gasteiger charge is -2.33. The monoisotopic (exact) mass is 351 g/mol. The van der Waals surface area contributed by atoms with Crippen LogP contribution in [0.5, 0.6) is 0 Å². The molecule has 1 heterocycles. The largest absolute Gasteiger partial charge is 0.354 e. The van der Waals surface area contributed by atoms with E-state index in [0.29, 0.717) is 24.7 Å². The zero-order chi connectivity index (χ0) is 17.7. The fraction of sp³-hybridized carbons (Fsp3) is 0.556.